The third-order valence-electron chi connectivity index (χ3n) is 7.98. The Hall–Kier alpha value is -3.56. The molecule has 0 radical (unpaired) electrons. The van der Waals surface area contributed by atoms with E-state index >= 15 is 0 Å². The standard InChI is InChI=1S/C35H34Cl3N3O4S/c36-27-17-15-26(16-18-27)23-40(33(19-25-9-3-1-4-10-25)35(43)39-30-11-7-8-12-30)34(42)24-41(31-21-28(37)20-29(38)22-31)46(44,45)32-13-5-2-6-14-32/h1-6,9-10,13-18,20-22,30,33H,7-8,11-12,19,23-24H2,(H,39,43)/t33-/m0/s1. The molecule has 1 aliphatic rings. The van der Waals surface area contributed by atoms with Crippen molar-refractivity contribution in [2.24, 2.45) is 0 Å². The molecule has 0 heterocycles. The van der Waals surface area contributed by atoms with Crippen LogP contribution in [0.4, 0.5) is 5.69 Å². The highest BCUT2D eigenvalue weighted by Gasteiger charge is 2.35. The maximum Gasteiger partial charge on any atom is 0.264 e. The van der Waals surface area contributed by atoms with E-state index in [1.54, 1.807) is 42.5 Å². The molecule has 0 bridgehead atoms. The number of nitrogens with zero attached hydrogens (tertiary/aromatic N) is 2. The van der Waals surface area contributed by atoms with Crippen molar-refractivity contribution in [3.05, 3.63) is 129 Å². The quantitative estimate of drug-likeness (QED) is 0.166. The molecule has 0 unspecified atom stereocenters. The van der Waals surface area contributed by atoms with Crippen LogP contribution in [0.25, 0.3) is 0 Å². The number of rotatable bonds is 12. The lowest BCUT2D eigenvalue weighted by molar-refractivity contribution is -0.140. The molecule has 0 aromatic heterocycles. The van der Waals surface area contributed by atoms with Crippen LogP contribution in [0.1, 0.15) is 36.8 Å². The molecular formula is C35H34Cl3N3O4S. The summed E-state index contributed by atoms with van der Waals surface area (Å²) in [6.07, 6.45) is 4.01. The zero-order chi connectivity index (χ0) is 32.7. The van der Waals surface area contributed by atoms with Gasteiger partial charge in [0.15, 0.2) is 0 Å². The highest BCUT2D eigenvalue weighted by atomic mass is 35.5. The molecule has 2 amide bonds. The molecule has 1 saturated carbocycles. The van der Waals surface area contributed by atoms with E-state index in [4.69, 9.17) is 34.8 Å². The zero-order valence-corrected chi connectivity index (χ0v) is 28.1. The lowest BCUT2D eigenvalue weighted by atomic mass is 10.0. The van der Waals surface area contributed by atoms with E-state index < -0.39 is 28.5 Å². The normalized spacial score (nSPS) is 14.1. The Labute approximate surface area is 285 Å². The minimum absolute atomic E-state index is 0.0111. The van der Waals surface area contributed by atoms with Gasteiger partial charge in [0.2, 0.25) is 11.8 Å². The summed E-state index contributed by atoms with van der Waals surface area (Å²) >= 11 is 18.8. The van der Waals surface area contributed by atoms with Crippen LogP contribution in [-0.4, -0.2) is 43.8 Å². The van der Waals surface area contributed by atoms with Crippen molar-refractivity contribution >= 4 is 62.3 Å². The molecule has 1 N–H and O–H groups in total. The van der Waals surface area contributed by atoms with Gasteiger partial charge in [-0.25, -0.2) is 8.42 Å². The van der Waals surface area contributed by atoms with Crippen LogP contribution >= 0.6 is 34.8 Å². The third-order valence-corrected chi connectivity index (χ3v) is 10.5. The number of carbonyl (C=O) groups is 2. The van der Waals surface area contributed by atoms with Crippen molar-refractivity contribution < 1.29 is 18.0 Å². The summed E-state index contributed by atoms with van der Waals surface area (Å²) in [5.41, 5.74) is 1.71. The fourth-order valence-electron chi connectivity index (χ4n) is 5.64. The van der Waals surface area contributed by atoms with Crippen molar-refractivity contribution in [2.45, 2.75) is 55.6 Å². The topological polar surface area (TPSA) is 86.8 Å². The van der Waals surface area contributed by atoms with E-state index in [-0.39, 0.29) is 45.5 Å². The molecule has 46 heavy (non-hydrogen) atoms. The van der Waals surface area contributed by atoms with E-state index in [9.17, 15) is 18.0 Å². The number of nitrogens with one attached hydrogen (secondary N) is 1. The molecule has 0 saturated heterocycles. The molecule has 1 atom stereocenters. The largest absolute Gasteiger partial charge is 0.352 e. The van der Waals surface area contributed by atoms with Gasteiger partial charge in [-0.05, 0) is 66.4 Å². The van der Waals surface area contributed by atoms with E-state index in [1.807, 2.05) is 30.3 Å². The second kappa shape index (κ2) is 15.4. The average Bonchev–Trinajstić information content (AvgIpc) is 3.55. The molecular weight excluding hydrogens is 665 g/mol. The average molecular weight is 699 g/mol. The summed E-state index contributed by atoms with van der Waals surface area (Å²) in [6, 6.07) is 27.7. The lowest BCUT2D eigenvalue weighted by Gasteiger charge is -2.34. The number of amides is 2. The predicted molar refractivity (Wildman–Crippen MR) is 184 cm³/mol. The summed E-state index contributed by atoms with van der Waals surface area (Å²) in [4.78, 5) is 30.1. The van der Waals surface area contributed by atoms with Crippen LogP contribution in [0.5, 0.6) is 0 Å². The van der Waals surface area contributed by atoms with E-state index in [0.717, 1.165) is 41.1 Å². The van der Waals surface area contributed by atoms with Crippen LogP contribution in [0.3, 0.4) is 0 Å². The first-order valence-electron chi connectivity index (χ1n) is 15.0. The Bertz CT molecular complexity index is 1730. The van der Waals surface area contributed by atoms with Gasteiger partial charge in [0.05, 0.1) is 10.6 Å². The number of benzene rings is 4. The van der Waals surface area contributed by atoms with E-state index in [0.29, 0.717) is 5.02 Å². The van der Waals surface area contributed by atoms with Crippen molar-refractivity contribution in [3.63, 3.8) is 0 Å². The molecule has 1 aliphatic carbocycles. The number of hydrogen-bond acceptors (Lipinski definition) is 4. The summed E-state index contributed by atoms with van der Waals surface area (Å²) in [5.74, 6) is -0.866. The van der Waals surface area contributed by atoms with Crippen LogP contribution in [0.15, 0.2) is 108 Å². The maximum atomic E-state index is 14.6. The predicted octanol–water partition coefficient (Wildman–Crippen LogP) is 7.54. The summed E-state index contributed by atoms with van der Waals surface area (Å²) in [7, 11) is -4.27. The first-order chi connectivity index (χ1) is 22.1. The van der Waals surface area contributed by atoms with Gasteiger partial charge in [-0.2, -0.15) is 0 Å². The molecule has 5 rings (SSSR count). The fourth-order valence-corrected chi connectivity index (χ4v) is 7.70. The minimum atomic E-state index is -4.27. The number of halogens is 3. The van der Waals surface area contributed by atoms with Gasteiger partial charge in [-0.15, -0.1) is 0 Å². The number of sulfonamides is 1. The first kappa shape index (κ1) is 33.8. The molecule has 7 nitrogen and oxygen atoms in total. The smallest absolute Gasteiger partial charge is 0.264 e. The van der Waals surface area contributed by atoms with Crippen molar-refractivity contribution in [1.29, 1.82) is 0 Å². The minimum Gasteiger partial charge on any atom is -0.352 e. The Kier molecular flexibility index (Phi) is 11.3. The molecule has 4 aromatic rings. The highest BCUT2D eigenvalue weighted by molar-refractivity contribution is 7.92. The zero-order valence-electron chi connectivity index (χ0n) is 25.0. The second-order valence-electron chi connectivity index (χ2n) is 11.3. The van der Waals surface area contributed by atoms with Gasteiger partial charge in [-0.1, -0.05) is 108 Å². The summed E-state index contributed by atoms with van der Waals surface area (Å²) < 4.78 is 29.2. The Morgan fingerprint density at radius 3 is 1.96 bits per heavy atom. The Balaban J connectivity index is 1.57. The summed E-state index contributed by atoms with van der Waals surface area (Å²) in [6.45, 7) is -0.565. The fraction of sp³-hybridized carbons (Fsp3) is 0.257. The highest BCUT2D eigenvalue weighted by Crippen LogP contribution is 2.30. The number of hydrogen-bond donors (Lipinski definition) is 1. The molecule has 1 fully saturated rings. The lowest BCUT2D eigenvalue weighted by Crippen LogP contribution is -2.54. The van der Waals surface area contributed by atoms with Gasteiger partial charge < -0.3 is 10.2 Å². The molecule has 0 spiro atoms. The van der Waals surface area contributed by atoms with E-state index in [2.05, 4.69) is 5.32 Å². The van der Waals surface area contributed by atoms with Gasteiger partial charge in [-0.3, -0.25) is 13.9 Å². The van der Waals surface area contributed by atoms with Crippen LogP contribution in [0, 0.1) is 0 Å². The van der Waals surface area contributed by atoms with Gasteiger partial charge >= 0.3 is 0 Å². The van der Waals surface area contributed by atoms with Crippen molar-refractivity contribution in [2.75, 3.05) is 10.8 Å². The van der Waals surface area contributed by atoms with Crippen LogP contribution in [-0.2, 0) is 32.6 Å². The first-order valence-corrected chi connectivity index (χ1v) is 17.6. The van der Waals surface area contributed by atoms with Crippen LogP contribution in [0.2, 0.25) is 15.1 Å². The van der Waals surface area contributed by atoms with Gasteiger partial charge in [0.25, 0.3) is 10.0 Å². The SMILES string of the molecule is O=C(NC1CCCC1)[C@H](Cc1ccccc1)N(Cc1ccc(Cl)cc1)C(=O)CN(c1cc(Cl)cc(Cl)c1)S(=O)(=O)c1ccccc1. The van der Waals surface area contributed by atoms with Crippen molar-refractivity contribution in [1.82, 2.24) is 10.2 Å². The van der Waals surface area contributed by atoms with Crippen molar-refractivity contribution in [3.8, 4) is 0 Å². The monoisotopic (exact) mass is 697 g/mol. The Morgan fingerprint density at radius 2 is 1.35 bits per heavy atom. The van der Waals surface area contributed by atoms with Gasteiger partial charge in [0, 0.05) is 34.1 Å². The molecule has 240 valence electrons. The summed E-state index contributed by atoms with van der Waals surface area (Å²) in [5, 5.41) is 4.11. The number of anilines is 1. The molecule has 11 heteroatoms. The number of carbonyl (C=O) groups excluding carboxylic acids is 2. The Morgan fingerprint density at radius 1 is 0.761 bits per heavy atom. The van der Waals surface area contributed by atoms with Gasteiger partial charge in [0.1, 0.15) is 12.6 Å². The third kappa shape index (κ3) is 8.62. The second-order valence-corrected chi connectivity index (χ2v) is 14.5. The molecule has 0 aliphatic heterocycles. The van der Waals surface area contributed by atoms with Crippen LogP contribution < -0.4 is 9.62 Å². The molecule has 4 aromatic carbocycles. The maximum absolute atomic E-state index is 14.6. The van der Waals surface area contributed by atoms with E-state index in [1.165, 1.54) is 35.2 Å².